The van der Waals surface area contributed by atoms with Crippen molar-refractivity contribution in [3.8, 4) is 0 Å². The fourth-order valence-corrected chi connectivity index (χ4v) is 3.49. The Hall–Kier alpha value is -1.24. The molecule has 0 radical (unpaired) electrons. The molecule has 2 aromatic rings. The van der Waals surface area contributed by atoms with E-state index in [0.717, 1.165) is 10.6 Å². The molecule has 0 fully saturated rings. The molecule has 1 unspecified atom stereocenters. The summed E-state index contributed by atoms with van der Waals surface area (Å²) < 4.78 is 26.8. The maximum absolute atomic E-state index is 12.4. The Morgan fingerprint density at radius 1 is 1.24 bits per heavy atom. The normalized spacial score (nSPS) is 14.0. The van der Waals surface area contributed by atoms with Crippen LogP contribution in [0.3, 0.4) is 0 Å². The van der Waals surface area contributed by atoms with Crippen LogP contribution in [0.25, 0.3) is 0 Å². The van der Waals surface area contributed by atoms with Crippen LogP contribution in [-0.2, 0) is 16.4 Å². The van der Waals surface area contributed by atoms with Gasteiger partial charge >= 0.3 is 0 Å². The van der Waals surface area contributed by atoms with Crippen molar-refractivity contribution >= 4 is 21.4 Å². The summed E-state index contributed by atoms with van der Waals surface area (Å²) >= 11 is 1.46. The second-order valence-electron chi connectivity index (χ2n) is 5.85. The molecule has 21 heavy (non-hydrogen) atoms. The van der Waals surface area contributed by atoms with Crippen molar-refractivity contribution in [3.05, 3.63) is 52.5 Å². The van der Waals surface area contributed by atoms with E-state index in [1.807, 2.05) is 35.7 Å². The number of sulfonamides is 1. The molecule has 0 spiro atoms. The van der Waals surface area contributed by atoms with Crippen molar-refractivity contribution in [2.45, 2.75) is 38.0 Å². The van der Waals surface area contributed by atoms with Crippen LogP contribution in [0.1, 0.15) is 37.4 Å². The van der Waals surface area contributed by atoms with E-state index in [1.165, 1.54) is 11.3 Å². The van der Waals surface area contributed by atoms with Crippen molar-refractivity contribution < 1.29 is 8.42 Å². The van der Waals surface area contributed by atoms with Crippen LogP contribution in [-0.4, -0.2) is 18.1 Å². The minimum Gasteiger partial charge on any atom is -0.248 e. The second-order valence-corrected chi connectivity index (χ2v) is 9.24. The van der Waals surface area contributed by atoms with Gasteiger partial charge in [-0.1, -0.05) is 30.3 Å². The zero-order valence-corrected chi connectivity index (χ0v) is 14.0. The highest BCUT2D eigenvalue weighted by Crippen LogP contribution is 2.24. The molecule has 0 aliphatic carbocycles. The third-order valence-electron chi connectivity index (χ3n) is 3.14. The first kappa shape index (κ1) is 16.1. The Morgan fingerprint density at radius 3 is 2.43 bits per heavy atom. The van der Waals surface area contributed by atoms with E-state index in [0.29, 0.717) is 6.42 Å². The quantitative estimate of drug-likeness (QED) is 0.919. The molecule has 1 aromatic carbocycles. The molecule has 0 bridgehead atoms. The molecule has 0 saturated heterocycles. The molecule has 1 atom stereocenters. The topological polar surface area (TPSA) is 59.1 Å². The summed E-state index contributed by atoms with van der Waals surface area (Å²) in [5, 5.41) is 2.64. The summed E-state index contributed by atoms with van der Waals surface area (Å²) in [6, 6.07) is 9.50. The fourth-order valence-electron chi connectivity index (χ4n) is 1.80. The molecule has 0 amide bonds. The van der Waals surface area contributed by atoms with Gasteiger partial charge in [0.1, 0.15) is 5.01 Å². The highest BCUT2D eigenvalue weighted by molar-refractivity contribution is 7.90. The van der Waals surface area contributed by atoms with Gasteiger partial charge < -0.3 is 0 Å². The lowest BCUT2D eigenvalue weighted by atomic mass is 10.1. The zero-order valence-electron chi connectivity index (χ0n) is 12.4. The molecular weight excluding hydrogens is 304 g/mol. The van der Waals surface area contributed by atoms with E-state index >= 15 is 0 Å². The van der Waals surface area contributed by atoms with Crippen LogP contribution in [0.15, 0.2) is 41.9 Å². The highest BCUT2D eigenvalue weighted by atomic mass is 32.2. The highest BCUT2D eigenvalue weighted by Gasteiger charge is 2.32. The number of nitrogens with one attached hydrogen (secondary N) is 1. The van der Waals surface area contributed by atoms with Crippen LogP contribution in [0.2, 0.25) is 0 Å². The zero-order chi connectivity index (χ0) is 15.5. The van der Waals surface area contributed by atoms with Gasteiger partial charge in [-0.3, -0.25) is 0 Å². The molecule has 0 aliphatic heterocycles. The van der Waals surface area contributed by atoms with Gasteiger partial charge in [0.2, 0.25) is 10.0 Å². The molecule has 1 N–H and O–H groups in total. The Balaban J connectivity index is 2.26. The largest absolute Gasteiger partial charge is 0.248 e. The maximum Gasteiger partial charge on any atom is 0.217 e. The van der Waals surface area contributed by atoms with Crippen LogP contribution >= 0.6 is 11.3 Å². The van der Waals surface area contributed by atoms with E-state index in [-0.39, 0.29) is 6.04 Å². The van der Waals surface area contributed by atoms with Gasteiger partial charge in [-0.25, -0.2) is 18.1 Å². The Kier molecular flexibility index (Phi) is 4.81. The summed E-state index contributed by atoms with van der Waals surface area (Å²) in [4.78, 5) is 4.27. The third kappa shape index (κ3) is 4.12. The van der Waals surface area contributed by atoms with Crippen molar-refractivity contribution in [3.63, 3.8) is 0 Å². The number of hydrogen-bond acceptors (Lipinski definition) is 4. The summed E-state index contributed by atoms with van der Waals surface area (Å²) in [5.41, 5.74) is 1.08. The minimum atomic E-state index is -3.43. The number of rotatable bonds is 5. The van der Waals surface area contributed by atoms with Crippen molar-refractivity contribution in [2.75, 3.05) is 0 Å². The first-order chi connectivity index (χ1) is 9.79. The molecule has 2 rings (SSSR count). The van der Waals surface area contributed by atoms with Gasteiger partial charge in [0.15, 0.2) is 0 Å². The van der Waals surface area contributed by atoms with Crippen molar-refractivity contribution in [2.24, 2.45) is 0 Å². The average molecular weight is 324 g/mol. The van der Waals surface area contributed by atoms with Gasteiger partial charge in [0, 0.05) is 11.6 Å². The lowest BCUT2D eigenvalue weighted by molar-refractivity contribution is 0.522. The van der Waals surface area contributed by atoms with Crippen LogP contribution in [0, 0.1) is 0 Å². The Bertz CT molecular complexity index is 659. The first-order valence-electron chi connectivity index (χ1n) is 6.75. The number of thiazole rings is 1. The SMILES string of the molecule is CC(C)(C)S(=O)(=O)NC(Cc1ccccc1)c1nccs1. The lowest BCUT2D eigenvalue weighted by Crippen LogP contribution is -2.41. The minimum absolute atomic E-state index is 0.336. The number of nitrogens with zero attached hydrogens (tertiary/aromatic N) is 1. The maximum atomic E-state index is 12.4. The summed E-state index contributed by atoms with van der Waals surface area (Å²) in [7, 11) is -3.43. The average Bonchev–Trinajstić information content (AvgIpc) is 2.91. The number of hydrogen-bond donors (Lipinski definition) is 1. The van der Waals surface area contributed by atoms with Crippen LogP contribution < -0.4 is 4.72 Å². The second kappa shape index (κ2) is 6.25. The molecular formula is C15H20N2O2S2. The molecule has 1 heterocycles. The molecule has 114 valence electrons. The van der Waals surface area contributed by atoms with E-state index < -0.39 is 14.8 Å². The van der Waals surface area contributed by atoms with E-state index in [9.17, 15) is 8.42 Å². The van der Waals surface area contributed by atoms with Crippen molar-refractivity contribution in [1.29, 1.82) is 0 Å². The van der Waals surface area contributed by atoms with Gasteiger partial charge in [0.25, 0.3) is 0 Å². The Labute approximate surface area is 130 Å². The summed E-state index contributed by atoms with van der Waals surface area (Å²) in [6.07, 6.45) is 2.28. The summed E-state index contributed by atoms with van der Waals surface area (Å²) in [6.45, 7) is 5.07. The number of benzene rings is 1. The van der Waals surface area contributed by atoms with E-state index in [1.54, 1.807) is 27.0 Å². The summed E-state index contributed by atoms with van der Waals surface area (Å²) in [5.74, 6) is 0. The Morgan fingerprint density at radius 2 is 1.90 bits per heavy atom. The predicted molar refractivity (Wildman–Crippen MR) is 86.8 cm³/mol. The van der Waals surface area contributed by atoms with Gasteiger partial charge in [0.05, 0.1) is 10.8 Å². The smallest absolute Gasteiger partial charge is 0.217 e. The number of aromatic nitrogens is 1. The van der Waals surface area contributed by atoms with Gasteiger partial charge in [-0.15, -0.1) is 11.3 Å². The van der Waals surface area contributed by atoms with E-state index in [4.69, 9.17) is 0 Å². The van der Waals surface area contributed by atoms with Crippen LogP contribution in [0.4, 0.5) is 0 Å². The van der Waals surface area contributed by atoms with Crippen molar-refractivity contribution in [1.82, 2.24) is 9.71 Å². The first-order valence-corrected chi connectivity index (χ1v) is 9.11. The molecule has 1 aromatic heterocycles. The molecule has 4 nitrogen and oxygen atoms in total. The fraction of sp³-hybridized carbons (Fsp3) is 0.400. The van der Waals surface area contributed by atoms with Crippen LogP contribution in [0.5, 0.6) is 0 Å². The molecule has 0 saturated carbocycles. The van der Waals surface area contributed by atoms with Gasteiger partial charge in [-0.05, 0) is 32.8 Å². The standard InChI is InChI=1S/C15H20N2O2S2/c1-15(2,3)21(18,19)17-13(14-16-9-10-20-14)11-12-7-5-4-6-8-12/h4-10,13,17H,11H2,1-3H3. The lowest BCUT2D eigenvalue weighted by Gasteiger charge is -2.24. The molecule has 0 aliphatic rings. The third-order valence-corrected chi connectivity index (χ3v) is 6.23. The van der Waals surface area contributed by atoms with Gasteiger partial charge in [-0.2, -0.15) is 0 Å². The molecule has 6 heteroatoms. The monoisotopic (exact) mass is 324 g/mol. The van der Waals surface area contributed by atoms with E-state index in [2.05, 4.69) is 9.71 Å². The predicted octanol–water partition coefficient (Wildman–Crippen LogP) is 3.14.